The number of carbonyl (C=O) groups excluding carboxylic acids is 6. The number of unbranched alkanes of at least 4 members (excludes halogenated alkanes) is 17. The Morgan fingerprint density at radius 1 is 0.647 bits per heavy atom. The Kier molecular flexibility index (Phi) is 31.1. The number of cyclic esters (lactones) is 1. The van der Waals surface area contributed by atoms with E-state index in [2.05, 4.69) is 6.92 Å². The third kappa shape index (κ3) is 24.1. The monoisotopic (exact) mass is 959 g/mol. The highest BCUT2D eigenvalue weighted by Gasteiger charge is 2.33. The largest absolute Gasteiger partial charge is 0.496 e. The second-order valence-electron chi connectivity index (χ2n) is 18.5. The van der Waals surface area contributed by atoms with Crippen molar-refractivity contribution in [2.75, 3.05) is 34.2 Å². The van der Waals surface area contributed by atoms with Crippen LogP contribution in [0.4, 0.5) is 0 Å². The first-order valence-electron chi connectivity index (χ1n) is 25.6. The predicted molar refractivity (Wildman–Crippen MR) is 260 cm³/mol. The molecule has 386 valence electrons. The highest BCUT2D eigenvalue weighted by molar-refractivity contribution is 5.98. The van der Waals surface area contributed by atoms with Crippen LogP contribution in [-0.4, -0.2) is 76.1 Å². The molecule has 0 aromatic heterocycles. The lowest BCUT2D eigenvalue weighted by molar-refractivity contribution is -0.169. The lowest BCUT2D eigenvalue weighted by Gasteiger charge is -2.20. The van der Waals surface area contributed by atoms with Gasteiger partial charge in [0, 0.05) is 30.9 Å². The number of ether oxygens (including phenoxy) is 8. The molecule has 0 bridgehead atoms. The van der Waals surface area contributed by atoms with Crippen molar-refractivity contribution in [3.05, 3.63) is 33.9 Å². The van der Waals surface area contributed by atoms with E-state index in [1.165, 1.54) is 78.2 Å². The summed E-state index contributed by atoms with van der Waals surface area (Å²) in [6.45, 7) is 10.3. The Morgan fingerprint density at radius 3 is 1.75 bits per heavy atom. The molecule has 0 N–H and O–H groups in total. The van der Waals surface area contributed by atoms with Gasteiger partial charge in [0.15, 0.2) is 6.10 Å². The van der Waals surface area contributed by atoms with Crippen molar-refractivity contribution in [1.29, 1.82) is 0 Å². The zero-order chi connectivity index (χ0) is 50.1. The fourth-order valence-corrected chi connectivity index (χ4v) is 8.23. The summed E-state index contributed by atoms with van der Waals surface area (Å²) in [7, 11) is 2.90. The first kappa shape index (κ1) is 59.5. The zero-order valence-corrected chi connectivity index (χ0v) is 43.0. The molecule has 0 saturated carbocycles. The Labute approximate surface area is 407 Å². The maximum Gasteiger partial charge on any atom is 0.342 e. The number of methoxy groups -OCH3 is 2. The molecule has 0 radical (unpaired) electrons. The van der Waals surface area contributed by atoms with Gasteiger partial charge in [0.2, 0.25) is 6.79 Å². The number of rotatable bonds is 39. The second-order valence-corrected chi connectivity index (χ2v) is 18.5. The summed E-state index contributed by atoms with van der Waals surface area (Å²) in [6, 6.07) is 0. The van der Waals surface area contributed by atoms with E-state index in [4.69, 9.17) is 37.9 Å². The molecule has 0 amide bonds. The van der Waals surface area contributed by atoms with E-state index in [-0.39, 0.29) is 62.6 Å². The molecule has 3 unspecified atom stereocenters. The summed E-state index contributed by atoms with van der Waals surface area (Å²) < 4.78 is 43.6. The smallest absolute Gasteiger partial charge is 0.342 e. The van der Waals surface area contributed by atoms with E-state index in [0.29, 0.717) is 54.5 Å². The van der Waals surface area contributed by atoms with E-state index in [1.807, 2.05) is 33.8 Å². The molecule has 1 heterocycles. The fraction of sp³-hybridized carbons (Fsp3) is 0.741. The van der Waals surface area contributed by atoms with Crippen molar-refractivity contribution in [1.82, 2.24) is 0 Å². The number of benzene rings is 1. The third-order valence-electron chi connectivity index (χ3n) is 12.6. The first-order chi connectivity index (χ1) is 32.7. The molecule has 3 atom stereocenters. The van der Waals surface area contributed by atoms with Crippen LogP contribution in [0.15, 0.2) is 11.6 Å². The summed E-state index contributed by atoms with van der Waals surface area (Å²) in [6.07, 6.45) is 25.2. The number of esters is 6. The van der Waals surface area contributed by atoms with Crippen LogP contribution in [0.5, 0.6) is 11.5 Å². The molecular formula is C54H86O14. The molecule has 0 spiro atoms. The Balaban J connectivity index is 1.67. The van der Waals surface area contributed by atoms with Gasteiger partial charge >= 0.3 is 35.8 Å². The van der Waals surface area contributed by atoms with E-state index in [0.717, 1.165) is 68.9 Å². The highest BCUT2D eigenvalue weighted by atomic mass is 16.7. The molecular weight excluding hydrogens is 873 g/mol. The molecule has 0 aliphatic carbocycles. The average molecular weight is 959 g/mol. The van der Waals surface area contributed by atoms with Gasteiger partial charge in [0.25, 0.3) is 0 Å². The van der Waals surface area contributed by atoms with E-state index in [1.54, 1.807) is 7.11 Å². The first-order valence-corrected chi connectivity index (χ1v) is 25.6. The zero-order valence-electron chi connectivity index (χ0n) is 43.0. The summed E-state index contributed by atoms with van der Waals surface area (Å²) >= 11 is 0. The second kappa shape index (κ2) is 35.5. The SMILES string of the molecule is CCCCCCCCCCCCCCCC(=O)OCC(COC(C)=O)OC(=O)C(C)CCCCCCCCC(C)C(=O)OCOc1c(C/C=C(\C)CCC(=O)OC)c(OC)c(C)c2c1C(=O)OC2. The van der Waals surface area contributed by atoms with Crippen LogP contribution in [0, 0.1) is 18.8 Å². The predicted octanol–water partition coefficient (Wildman–Crippen LogP) is 11.9. The van der Waals surface area contributed by atoms with Crippen molar-refractivity contribution in [2.45, 2.75) is 215 Å². The molecule has 1 aliphatic heterocycles. The summed E-state index contributed by atoms with van der Waals surface area (Å²) in [5.41, 5.74) is 3.31. The molecule has 1 aliphatic rings. The maximum absolute atomic E-state index is 13.0. The molecule has 2 rings (SSSR count). The molecule has 14 heteroatoms. The van der Waals surface area contributed by atoms with Crippen molar-refractivity contribution in [3.8, 4) is 11.5 Å². The van der Waals surface area contributed by atoms with Crippen LogP contribution in [0.2, 0.25) is 0 Å². The number of hydrogen-bond acceptors (Lipinski definition) is 14. The lowest BCUT2D eigenvalue weighted by atomic mass is 9.94. The van der Waals surface area contributed by atoms with Gasteiger partial charge in [0.05, 0.1) is 26.1 Å². The third-order valence-corrected chi connectivity index (χ3v) is 12.6. The minimum absolute atomic E-state index is 0.0902. The topological polar surface area (TPSA) is 176 Å². The number of allylic oxidation sites excluding steroid dienone is 2. The molecule has 0 saturated heterocycles. The van der Waals surface area contributed by atoms with Crippen LogP contribution in [0.1, 0.15) is 216 Å². The van der Waals surface area contributed by atoms with E-state index in [9.17, 15) is 28.8 Å². The van der Waals surface area contributed by atoms with Crippen molar-refractivity contribution in [3.63, 3.8) is 0 Å². The fourth-order valence-electron chi connectivity index (χ4n) is 8.23. The maximum atomic E-state index is 13.0. The number of fused-ring (bicyclic) bond motifs is 1. The van der Waals surface area contributed by atoms with Gasteiger partial charge < -0.3 is 37.9 Å². The quantitative estimate of drug-likeness (QED) is 0.0200. The molecule has 1 aromatic rings. The number of carbonyl (C=O) groups is 6. The van der Waals surface area contributed by atoms with Gasteiger partial charge in [-0.2, -0.15) is 0 Å². The Hall–Kier alpha value is -4.62. The summed E-state index contributed by atoms with van der Waals surface area (Å²) in [5.74, 6) is -2.40. The number of hydrogen-bond donors (Lipinski definition) is 0. The van der Waals surface area contributed by atoms with Crippen LogP contribution < -0.4 is 9.47 Å². The van der Waals surface area contributed by atoms with Gasteiger partial charge in [-0.25, -0.2) is 4.79 Å². The molecule has 1 aromatic carbocycles. The van der Waals surface area contributed by atoms with Crippen molar-refractivity contribution < 1.29 is 66.7 Å². The van der Waals surface area contributed by atoms with Gasteiger partial charge in [-0.3, -0.25) is 24.0 Å². The molecule has 0 fully saturated rings. The minimum atomic E-state index is -0.863. The van der Waals surface area contributed by atoms with Crippen LogP contribution >= 0.6 is 0 Å². The van der Waals surface area contributed by atoms with Crippen molar-refractivity contribution >= 4 is 35.8 Å². The molecule has 68 heavy (non-hydrogen) atoms. The van der Waals surface area contributed by atoms with Gasteiger partial charge in [-0.05, 0) is 51.5 Å². The minimum Gasteiger partial charge on any atom is -0.496 e. The van der Waals surface area contributed by atoms with Crippen LogP contribution in [0.3, 0.4) is 0 Å². The molecule has 14 nitrogen and oxygen atoms in total. The van der Waals surface area contributed by atoms with Gasteiger partial charge in [-0.1, -0.05) is 148 Å². The summed E-state index contributed by atoms with van der Waals surface area (Å²) in [4.78, 5) is 74.3. The standard InChI is InChI=1S/C54H86O14/c1-9-10-11-12-13-14-15-16-17-18-19-24-27-30-48(57)64-36-44(35-63-43(6)55)68-53(59)41(4)29-26-23-21-20-22-25-28-40(3)52(58)67-38-66-51-45(33-31-39(2)32-34-47(56)61-7)50(62-8)42(5)46-37-65-54(60)49(46)51/h31,40-41,44H,9-30,32-38H2,1-8H3/b39-31+. The Bertz CT molecular complexity index is 1720. The Morgan fingerprint density at radius 2 is 1.19 bits per heavy atom. The highest BCUT2D eigenvalue weighted by Crippen LogP contribution is 2.43. The van der Waals surface area contributed by atoms with Gasteiger partial charge in [-0.15, -0.1) is 0 Å². The van der Waals surface area contributed by atoms with Crippen molar-refractivity contribution in [2.24, 2.45) is 11.8 Å². The summed E-state index contributed by atoms with van der Waals surface area (Å²) in [5, 5.41) is 0. The normalized spacial score (nSPS) is 13.5. The average Bonchev–Trinajstić information content (AvgIpc) is 3.72. The van der Waals surface area contributed by atoms with Gasteiger partial charge in [0.1, 0.15) is 36.9 Å². The van der Waals surface area contributed by atoms with E-state index >= 15 is 0 Å². The lowest BCUT2D eigenvalue weighted by Crippen LogP contribution is -2.32. The van der Waals surface area contributed by atoms with Crippen LogP contribution in [0.25, 0.3) is 0 Å². The van der Waals surface area contributed by atoms with Crippen LogP contribution in [-0.2, 0) is 65.4 Å². The van der Waals surface area contributed by atoms with E-state index < -0.39 is 30.0 Å².